The van der Waals surface area contributed by atoms with Gasteiger partial charge < -0.3 is 5.32 Å². The molecule has 0 spiro atoms. The summed E-state index contributed by atoms with van der Waals surface area (Å²) in [6.07, 6.45) is -3.56. The predicted octanol–water partition coefficient (Wildman–Crippen LogP) is 3.18. The molecule has 0 bridgehead atoms. The number of nitrogens with one attached hydrogen (secondary N) is 1. The second-order valence-electron chi connectivity index (χ2n) is 5.43. The molecule has 1 aliphatic heterocycles. The zero-order valence-corrected chi connectivity index (χ0v) is 13.1. The van der Waals surface area contributed by atoms with Gasteiger partial charge in [0.15, 0.2) is 15.1 Å². The van der Waals surface area contributed by atoms with Gasteiger partial charge in [-0.15, -0.1) is 6.58 Å². The van der Waals surface area contributed by atoms with Gasteiger partial charge in [-0.05, 0) is 43.5 Å². The molecule has 1 atom stereocenters. The average molecular weight is 351 g/mol. The fourth-order valence-corrected chi connectivity index (χ4v) is 4.28. The quantitative estimate of drug-likeness (QED) is 0.669. The van der Waals surface area contributed by atoms with Gasteiger partial charge in [0.2, 0.25) is 0 Å². The Bertz CT molecular complexity index is 679. The second-order valence-corrected chi connectivity index (χ2v) is 7.46. The molecule has 1 aliphatic rings. The number of halogens is 4. The van der Waals surface area contributed by atoms with E-state index >= 15 is 0 Å². The van der Waals surface area contributed by atoms with Gasteiger partial charge in [0.05, 0.1) is 0 Å². The predicted molar refractivity (Wildman–Crippen MR) is 78.5 cm³/mol. The maximum Gasteiger partial charge on any atom is 0.409 e. The first-order valence-corrected chi connectivity index (χ1v) is 8.66. The van der Waals surface area contributed by atoms with Crippen LogP contribution >= 0.6 is 0 Å². The molecule has 1 fully saturated rings. The number of piperidine rings is 1. The van der Waals surface area contributed by atoms with Crippen LogP contribution in [-0.2, 0) is 9.84 Å². The minimum atomic E-state index is -5.04. The Kier molecular flexibility index (Phi) is 5.15. The summed E-state index contributed by atoms with van der Waals surface area (Å²) in [5.74, 6) is -1.30. The molecular weight excluding hydrogens is 334 g/mol. The topological polar surface area (TPSA) is 46.2 Å². The van der Waals surface area contributed by atoms with Gasteiger partial charge in [0.1, 0.15) is 10.7 Å². The van der Waals surface area contributed by atoms with E-state index in [-0.39, 0.29) is 17.6 Å². The van der Waals surface area contributed by atoms with Crippen molar-refractivity contribution < 1.29 is 26.0 Å². The maximum absolute atomic E-state index is 14.6. The monoisotopic (exact) mass is 351 g/mol. The summed E-state index contributed by atoms with van der Waals surface area (Å²) in [5.41, 5.74) is 0.151. The fourth-order valence-electron chi connectivity index (χ4n) is 2.77. The summed E-state index contributed by atoms with van der Waals surface area (Å²) in [4.78, 5) is -0.921. The Labute approximate surface area is 132 Å². The summed E-state index contributed by atoms with van der Waals surface area (Å²) in [7, 11) is -4.93. The van der Waals surface area contributed by atoms with Crippen LogP contribution in [0.4, 0.5) is 17.6 Å². The van der Waals surface area contributed by atoms with E-state index in [1.54, 1.807) is 0 Å². The lowest BCUT2D eigenvalue weighted by Gasteiger charge is -2.24. The molecule has 2 rings (SSSR count). The zero-order valence-electron chi connectivity index (χ0n) is 12.2. The van der Waals surface area contributed by atoms with E-state index in [0.717, 1.165) is 6.07 Å². The summed E-state index contributed by atoms with van der Waals surface area (Å²) in [6, 6.07) is 3.59. The molecule has 1 aromatic carbocycles. The summed E-state index contributed by atoms with van der Waals surface area (Å²) in [6.45, 7) is 4.23. The molecule has 3 nitrogen and oxygen atoms in total. The van der Waals surface area contributed by atoms with E-state index in [2.05, 4.69) is 11.9 Å². The Balaban J connectivity index is 2.49. The highest BCUT2D eigenvalue weighted by atomic mass is 32.2. The molecule has 1 heterocycles. The van der Waals surface area contributed by atoms with Crippen molar-refractivity contribution in [2.75, 3.05) is 13.1 Å². The van der Waals surface area contributed by atoms with Crippen molar-refractivity contribution in [2.45, 2.75) is 35.1 Å². The minimum Gasteiger partial charge on any atom is -0.317 e. The van der Waals surface area contributed by atoms with Crippen LogP contribution in [-0.4, -0.2) is 32.9 Å². The summed E-state index contributed by atoms with van der Waals surface area (Å²) >= 11 is 0. The Hall–Kier alpha value is -1.41. The summed E-state index contributed by atoms with van der Waals surface area (Å²) in [5, 5.41) is 0.267. The van der Waals surface area contributed by atoms with E-state index in [1.807, 2.05) is 0 Å². The third-order valence-corrected chi connectivity index (χ3v) is 6.01. The number of alkyl halides is 3. The number of hydrogen-bond donors (Lipinski definition) is 1. The van der Waals surface area contributed by atoms with Crippen molar-refractivity contribution in [2.24, 2.45) is 0 Å². The molecule has 128 valence electrons. The van der Waals surface area contributed by atoms with Crippen molar-refractivity contribution in [3.05, 3.63) is 42.2 Å². The van der Waals surface area contributed by atoms with Crippen LogP contribution in [0, 0.1) is 5.82 Å². The van der Waals surface area contributed by atoms with Gasteiger partial charge >= 0.3 is 6.18 Å². The molecular formula is C15H17F4NO2S. The molecule has 1 saturated heterocycles. The highest BCUT2D eigenvalue weighted by Crippen LogP contribution is 2.35. The first-order chi connectivity index (χ1) is 10.7. The summed E-state index contributed by atoms with van der Waals surface area (Å²) < 4.78 is 77.8. The number of rotatable bonds is 4. The molecule has 0 aromatic heterocycles. The number of benzene rings is 1. The van der Waals surface area contributed by atoms with Gasteiger partial charge in [-0.25, -0.2) is 12.8 Å². The molecule has 8 heteroatoms. The van der Waals surface area contributed by atoms with Crippen molar-refractivity contribution in [3.8, 4) is 0 Å². The van der Waals surface area contributed by atoms with Crippen LogP contribution < -0.4 is 5.32 Å². The van der Waals surface area contributed by atoms with Crippen LogP contribution in [0.2, 0.25) is 0 Å². The van der Waals surface area contributed by atoms with E-state index in [0.29, 0.717) is 25.9 Å². The smallest absolute Gasteiger partial charge is 0.317 e. The van der Waals surface area contributed by atoms with Gasteiger partial charge in [-0.3, -0.25) is 0 Å². The van der Waals surface area contributed by atoms with E-state index in [1.165, 1.54) is 12.1 Å². The molecule has 0 saturated carbocycles. The SMILES string of the molecule is C=CC(C(F)(F)F)S(=O)(=O)c1cccc(C2CCNCC2)c1F. The molecule has 1 N–H and O–H groups in total. The Morgan fingerprint density at radius 2 is 1.87 bits per heavy atom. The third-order valence-electron chi connectivity index (χ3n) is 3.95. The van der Waals surface area contributed by atoms with Crippen LogP contribution in [0.1, 0.15) is 24.3 Å². The third kappa shape index (κ3) is 3.58. The van der Waals surface area contributed by atoms with Crippen LogP contribution in [0.3, 0.4) is 0 Å². The fraction of sp³-hybridized carbons (Fsp3) is 0.467. The van der Waals surface area contributed by atoms with E-state index < -0.39 is 32.0 Å². The van der Waals surface area contributed by atoms with Crippen LogP contribution in [0.15, 0.2) is 35.7 Å². The van der Waals surface area contributed by atoms with Crippen molar-refractivity contribution in [1.82, 2.24) is 5.32 Å². The average Bonchev–Trinajstić information content (AvgIpc) is 2.47. The van der Waals surface area contributed by atoms with Gasteiger partial charge in [-0.1, -0.05) is 18.2 Å². The minimum absolute atomic E-state index is 0.151. The standard InChI is InChI=1S/C15H17F4NO2S/c1-2-13(15(17,18)19)23(21,22)12-5-3-4-11(14(12)16)10-6-8-20-9-7-10/h2-5,10,13,20H,1,6-9H2. The highest BCUT2D eigenvalue weighted by Gasteiger charge is 2.48. The molecule has 0 amide bonds. The highest BCUT2D eigenvalue weighted by molar-refractivity contribution is 7.92. The lowest BCUT2D eigenvalue weighted by molar-refractivity contribution is -0.121. The Morgan fingerprint density at radius 3 is 2.39 bits per heavy atom. The molecule has 1 aromatic rings. The van der Waals surface area contributed by atoms with Crippen molar-refractivity contribution >= 4 is 9.84 Å². The molecule has 23 heavy (non-hydrogen) atoms. The largest absolute Gasteiger partial charge is 0.409 e. The number of hydrogen-bond acceptors (Lipinski definition) is 3. The van der Waals surface area contributed by atoms with E-state index in [9.17, 15) is 26.0 Å². The van der Waals surface area contributed by atoms with Gasteiger partial charge in [0.25, 0.3) is 0 Å². The lowest BCUT2D eigenvalue weighted by Crippen LogP contribution is -2.35. The van der Waals surface area contributed by atoms with Crippen LogP contribution in [0.25, 0.3) is 0 Å². The maximum atomic E-state index is 14.6. The molecule has 0 aliphatic carbocycles. The van der Waals surface area contributed by atoms with Crippen molar-refractivity contribution in [1.29, 1.82) is 0 Å². The van der Waals surface area contributed by atoms with E-state index in [4.69, 9.17) is 0 Å². The first-order valence-electron chi connectivity index (χ1n) is 7.12. The zero-order chi connectivity index (χ0) is 17.3. The normalized spacial score (nSPS) is 18.6. The number of sulfone groups is 1. The van der Waals surface area contributed by atoms with Crippen molar-refractivity contribution in [3.63, 3.8) is 0 Å². The second kappa shape index (κ2) is 6.60. The van der Waals surface area contributed by atoms with Gasteiger partial charge in [0, 0.05) is 0 Å². The Morgan fingerprint density at radius 1 is 1.26 bits per heavy atom. The lowest BCUT2D eigenvalue weighted by atomic mass is 9.90. The van der Waals surface area contributed by atoms with Crippen LogP contribution in [0.5, 0.6) is 0 Å². The first kappa shape index (κ1) is 17.9. The molecule has 1 unspecified atom stereocenters. The molecule has 0 radical (unpaired) electrons. The van der Waals surface area contributed by atoms with Gasteiger partial charge in [-0.2, -0.15) is 13.2 Å².